The summed E-state index contributed by atoms with van der Waals surface area (Å²) >= 11 is 0. The van der Waals surface area contributed by atoms with Crippen molar-refractivity contribution in [3.63, 3.8) is 0 Å². The fourth-order valence-electron chi connectivity index (χ4n) is 2.67. The summed E-state index contributed by atoms with van der Waals surface area (Å²) in [6, 6.07) is 17.7. The van der Waals surface area contributed by atoms with Gasteiger partial charge in [0.1, 0.15) is 11.5 Å². The Morgan fingerprint density at radius 3 is 2.58 bits per heavy atom. The molecule has 4 heteroatoms. The van der Waals surface area contributed by atoms with E-state index in [0.717, 1.165) is 28.0 Å². The van der Waals surface area contributed by atoms with Crippen LogP contribution in [0.1, 0.15) is 18.4 Å². The Kier molecular flexibility index (Phi) is 4.67. The molecule has 3 rings (SSSR count). The van der Waals surface area contributed by atoms with Crippen molar-refractivity contribution in [2.45, 2.75) is 26.4 Å². The van der Waals surface area contributed by atoms with E-state index < -0.39 is 0 Å². The number of furan rings is 1. The second-order valence-electron chi connectivity index (χ2n) is 6.15. The van der Waals surface area contributed by atoms with Crippen molar-refractivity contribution in [1.82, 2.24) is 4.90 Å². The highest BCUT2D eigenvalue weighted by atomic mass is 16.3. The number of carbonyl (C=O) groups is 1. The number of fused-ring (bicyclic) bond motifs is 1. The van der Waals surface area contributed by atoms with E-state index in [-0.39, 0.29) is 11.9 Å². The van der Waals surface area contributed by atoms with E-state index in [1.807, 2.05) is 74.3 Å². The van der Waals surface area contributed by atoms with Gasteiger partial charge >= 0.3 is 0 Å². The molecule has 1 aromatic heterocycles. The molecule has 0 saturated carbocycles. The Morgan fingerprint density at radius 2 is 1.88 bits per heavy atom. The van der Waals surface area contributed by atoms with Gasteiger partial charge in [0, 0.05) is 5.69 Å². The van der Waals surface area contributed by atoms with Gasteiger partial charge in [-0.2, -0.15) is 0 Å². The maximum atomic E-state index is 12.5. The van der Waals surface area contributed by atoms with E-state index in [4.69, 9.17) is 4.42 Å². The molecule has 0 fully saturated rings. The van der Waals surface area contributed by atoms with Gasteiger partial charge in [-0.25, -0.2) is 0 Å². The molecule has 0 unspecified atom stereocenters. The molecule has 3 aromatic rings. The van der Waals surface area contributed by atoms with E-state index in [1.54, 1.807) is 0 Å². The van der Waals surface area contributed by atoms with Gasteiger partial charge < -0.3 is 9.73 Å². The summed E-state index contributed by atoms with van der Waals surface area (Å²) in [4.78, 5) is 14.5. The molecule has 1 atom stereocenters. The first-order valence-electron chi connectivity index (χ1n) is 8.08. The fourth-order valence-corrected chi connectivity index (χ4v) is 2.67. The third-order valence-electron chi connectivity index (χ3n) is 4.26. The number of rotatable bonds is 5. The highest BCUT2D eigenvalue weighted by Crippen LogP contribution is 2.19. The van der Waals surface area contributed by atoms with Gasteiger partial charge in [-0.3, -0.25) is 9.69 Å². The Bertz CT molecular complexity index is 853. The summed E-state index contributed by atoms with van der Waals surface area (Å²) in [6.45, 7) is 4.41. The number of nitrogens with zero attached hydrogens (tertiary/aromatic N) is 1. The zero-order valence-electron chi connectivity index (χ0n) is 14.2. The van der Waals surface area contributed by atoms with Gasteiger partial charge in [-0.15, -0.1) is 0 Å². The van der Waals surface area contributed by atoms with Crippen molar-refractivity contribution in [3.05, 3.63) is 66.1 Å². The molecule has 0 aliphatic rings. The average Bonchev–Trinajstić information content (AvgIpc) is 2.98. The molecule has 0 radical (unpaired) electrons. The van der Waals surface area contributed by atoms with Gasteiger partial charge in [0.15, 0.2) is 0 Å². The number of amides is 1. The van der Waals surface area contributed by atoms with Crippen LogP contribution in [0.15, 0.2) is 59.0 Å². The first kappa shape index (κ1) is 16.3. The molecule has 2 aromatic carbocycles. The Hall–Kier alpha value is -2.59. The van der Waals surface area contributed by atoms with Crippen molar-refractivity contribution < 1.29 is 9.21 Å². The number of anilines is 1. The molecule has 1 N–H and O–H groups in total. The predicted octanol–water partition coefficient (Wildman–Crippen LogP) is 4.20. The van der Waals surface area contributed by atoms with Gasteiger partial charge in [0.05, 0.1) is 12.6 Å². The summed E-state index contributed by atoms with van der Waals surface area (Å²) in [6.07, 6.45) is 0. The Morgan fingerprint density at radius 1 is 1.12 bits per heavy atom. The minimum atomic E-state index is -0.262. The van der Waals surface area contributed by atoms with E-state index >= 15 is 0 Å². The van der Waals surface area contributed by atoms with Crippen molar-refractivity contribution in [1.29, 1.82) is 0 Å². The molecule has 0 saturated heterocycles. The SMILES string of the molecule is Cc1ccc(CN(C)[C@@H](C)C(=O)Nc2ccc3ccccc3c2)o1. The van der Waals surface area contributed by atoms with E-state index in [9.17, 15) is 4.79 Å². The minimum absolute atomic E-state index is 0.0314. The summed E-state index contributed by atoms with van der Waals surface area (Å²) in [5.41, 5.74) is 0.813. The number of carbonyl (C=O) groups excluding carboxylic acids is 1. The highest BCUT2D eigenvalue weighted by Gasteiger charge is 2.19. The smallest absolute Gasteiger partial charge is 0.241 e. The molecular formula is C20H22N2O2. The second kappa shape index (κ2) is 6.89. The summed E-state index contributed by atoms with van der Waals surface area (Å²) < 4.78 is 5.58. The third-order valence-corrected chi connectivity index (χ3v) is 4.26. The molecule has 4 nitrogen and oxygen atoms in total. The summed E-state index contributed by atoms with van der Waals surface area (Å²) in [5, 5.41) is 5.27. The summed E-state index contributed by atoms with van der Waals surface area (Å²) in [5.74, 6) is 1.71. The van der Waals surface area contributed by atoms with Crippen molar-refractivity contribution in [3.8, 4) is 0 Å². The first-order chi connectivity index (χ1) is 11.5. The van der Waals surface area contributed by atoms with Crippen molar-refractivity contribution in [2.75, 3.05) is 12.4 Å². The van der Waals surface area contributed by atoms with Gasteiger partial charge in [-0.05, 0) is 55.9 Å². The predicted molar refractivity (Wildman–Crippen MR) is 97.0 cm³/mol. The molecule has 24 heavy (non-hydrogen) atoms. The van der Waals surface area contributed by atoms with Crippen LogP contribution in [0.3, 0.4) is 0 Å². The average molecular weight is 322 g/mol. The van der Waals surface area contributed by atoms with E-state index in [1.165, 1.54) is 0 Å². The monoisotopic (exact) mass is 322 g/mol. The molecule has 0 bridgehead atoms. The molecule has 1 heterocycles. The quantitative estimate of drug-likeness (QED) is 0.766. The zero-order chi connectivity index (χ0) is 17.1. The van der Waals surface area contributed by atoms with Crippen LogP contribution in [0.4, 0.5) is 5.69 Å². The third kappa shape index (κ3) is 3.66. The number of hydrogen-bond donors (Lipinski definition) is 1. The van der Waals surface area contributed by atoms with Crippen molar-refractivity contribution in [2.24, 2.45) is 0 Å². The lowest BCUT2D eigenvalue weighted by atomic mass is 10.1. The molecule has 0 aliphatic heterocycles. The molecular weight excluding hydrogens is 300 g/mol. The first-order valence-corrected chi connectivity index (χ1v) is 8.08. The number of benzene rings is 2. The van der Waals surface area contributed by atoms with Crippen LogP contribution in [0.5, 0.6) is 0 Å². The van der Waals surface area contributed by atoms with Crippen LogP contribution >= 0.6 is 0 Å². The van der Waals surface area contributed by atoms with E-state index in [2.05, 4.69) is 11.4 Å². The highest BCUT2D eigenvalue weighted by molar-refractivity contribution is 5.97. The maximum absolute atomic E-state index is 12.5. The van der Waals surface area contributed by atoms with E-state index in [0.29, 0.717) is 6.54 Å². The largest absolute Gasteiger partial charge is 0.465 e. The number of likely N-dealkylation sites (N-methyl/N-ethyl adjacent to an activating group) is 1. The lowest BCUT2D eigenvalue weighted by molar-refractivity contribution is -0.120. The molecule has 124 valence electrons. The van der Waals surface area contributed by atoms with Gasteiger partial charge in [0.2, 0.25) is 5.91 Å². The lowest BCUT2D eigenvalue weighted by Crippen LogP contribution is -2.39. The van der Waals surface area contributed by atoms with Crippen LogP contribution in [0, 0.1) is 6.92 Å². The topological polar surface area (TPSA) is 45.5 Å². The van der Waals surface area contributed by atoms with Gasteiger partial charge in [0.25, 0.3) is 0 Å². The lowest BCUT2D eigenvalue weighted by Gasteiger charge is -2.23. The Balaban J connectivity index is 1.66. The number of aryl methyl sites for hydroxylation is 1. The van der Waals surface area contributed by atoms with Crippen molar-refractivity contribution >= 4 is 22.4 Å². The van der Waals surface area contributed by atoms with Crippen LogP contribution in [-0.2, 0) is 11.3 Å². The second-order valence-corrected chi connectivity index (χ2v) is 6.15. The Labute approximate surface area is 142 Å². The van der Waals surface area contributed by atoms with Crippen LogP contribution in [0.25, 0.3) is 10.8 Å². The van der Waals surface area contributed by atoms with Crippen LogP contribution < -0.4 is 5.32 Å². The fraction of sp³-hybridized carbons (Fsp3) is 0.250. The molecule has 0 spiro atoms. The van der Waals surface area contributed by atoms with Crippen LogP contribution in [0.2, 0.25) is 0 Å². The van der Waals surface area contributed by atoms with Crippen LogP contribution in [-0.4, -0.2) is 23.9 Å². The molecule has 1 amide bonds. The van der Waals surface area contributed by atoms with Gasteiger partial charge in [-0.1, -0.05) is 30.3 Å². The standard InChI is InChI=1S/C20H22N2O2/c1-14-8-11-19(24-14)13-22(3)15(2)20(23)21-18-10-9-16-6-4-5-7-17(16)12-18/h4-12,15H,13H2,1-3H3,(H,21,23)/t15-/m0/s1. The maximum Gasteiger partial charge on any atom is 0.241 e. The normalized spacial score (nSPS) is 12.5. The summed E-state index contributed by atoms with van der Waals surface area (Å²) in [7, 11) is 1.92. The zero-order valence-corrected chi connectivity index (χ0v) is 14.2. The minimum Gasteiger partial charge on any atom is -0.465 e. The number of nitrogens with one attached hydrogen (secondary N) is 1. The number of hydrogen-bond acceptors (Lipinski definition) is 3. The molecule has 0 aliphatic carbocycles.